The number of pyridine rings is 1. The number of halogens is 1. The molecule has 0 aliphatic heterocycles. The van der Waals surface area contributed by atoms with E-state index in [4.69, 9.17) is 16.3 Å². The second-order valence-electron chi connectivity index (χ2n) is 7.52. The Kier molecular flexibility index (Phi) is 5.32. The van der Waals surface area contributed by atoms with Gasteiger partial charge >= 0.3 is 0 Å². The molecule has 0 saturated heterocycles. The first-order valence-corrected chi connectivity index (χ1v) is 10.7. The van der Waals surface area contributed by atoms with Crippen LogP contribution in [0.2, 0.25) is 5.02 Å². The van der Waals surface area contributed by atoms with Crippen molar-refractivity contribution in [2.75, 3.05) is 7.11 Å². The van der Waals surface area contributed by atoms with Crippen LogP contribution in [0.1, 0.15) is 5.56 Å². The van der Waals surface area contributed by atoms with Crippen molar-refractivity contribution in [3.63, 3.8) is 0 Å². The zero-order chi connectivity index (χ0) is 22.9. The molecule has 1 N–H and O–H groups in total. The summed E-state index contributed by atoms with van der Waals surface area (Å²) < 4.78 is 6.58. The van der Waals surface area contributed by atoms with Gasteiger partial charge in [0.05, 0.1) is 29.4 Å². The average Bonchev–Trinajstić information content (AvgIpc) is 2.85. The standard InChI is InChI=1S/C27H19ClN2O3/c1-33-20-13-14-22-23(15-20)26(31)30(19-11-9-18(28)10-12-19)27(32)24(22)16-29-25-8-4-6-17-5-2-3-7-21(17)25/h2-16,32H,1H3. The Balaban J connectivity index is 1.78. The Hall–Kier alpha value is -4.09. The van der Waals surface area contributed by atoms with Crippen LogP contribution in [0.5, 0.6) is 11.6 Å². The number of benzene rings is 4. The highest BCUT2D eigenvalue weighted by Gasteiger charge is 2.17. The van der Waals surface area contributed by atoms with E-state index < -0.39 is 0 Å². The van der Waals surface area contributed by atoms with Crippen LogP contribution in [0.15, 0.2) is 94.7 Å². The van der Waals surface area contributed by atoms with Gasteiger partial charge in [-0.1, -0.05) is 48.0 Å². The molecule has 0 spiro atoms. The molecule has 0 saturated carbocycles. The van der Waals surface area contributed by atoms with Crippen LogP contribution in [0.3, 0.4) is 0 Å². The average molecular weight is 455 g/mol. The minimum Gasteiger partial charge on any atom is -0.497 e. The largest absolute Gasteiger partial charge is 0.497 e. The van der Waals surface area contributed by atoms with E-state index >= 15 is 0 Å². The second-order valence-corrected chi connectivity index (χ2v) is 7.96. The Morgan fingerprint density at radius 1 is 0.909 bits per heavy atom. The van der Waals surface area contributed by atoms with Crippen LogP contribution in [0.4, 0.5) is 5.69 Å². The number of aromatic hydroxyl groups is 1. The molecule has 33 heavy (non-hydrogen) atoms. The molecule has 0 bridgehead atoms. The summed E-state index contributed by atoms with van der Waals surface area (Å²) in [5.41, 5.74) is 1.31. The molecule has 4 aromatic carbocycles. The van der Waals surface area contributed by atoms with Crippen molar-refractivity contribution in [3.8, 4) is 17.3 Å². The van der Waals surface area contributed by atoms with Crippen molar-refractivity contribution >= 4 is 45.0 Å². The van der Waals surface area contributed by atoms with Gasteiger partial charge in [-0.05, 0) is 53.9 Å². The summed E-state index contributed by atoms with van der Waals surface area (Å²) in [7, 11) is 1.54. The van der Waals surface area contributed by atoms with Crippen molar-refractivity contribution in [3.05, 3.63) is 106 Å². The minimum absolute atomic E-state index is 0.205. The third-order valence-corrected chi connectivity index (χ3v) is 5.84. The van der Waals surface area contributed by atoms with Crippen LogP contribution in [0, 0.1) is 0 Å². The Labute approximate surface area is 194 Å². The summed E-state index contributed by atoms with van der Waals surface area (Å²) in [6.45, 7) is 0. The predicted molar refractivity (Wildman–Crippen MR) is 134 cm³/mol. The van der Waals surface area contributed by atoms with Gasteiger partial charge in [0.1, 0.15) is 5.75 Å². The Morgan fingerprint density at radius 2 is 1.67 bits per heavy atom. The summed E-state index contributed by atoms with van der Waals surface area (Å²) in [5, 5.41) is 14.8. The summed E-state index contributed by atoms with van der Waals surface area (Å²) >= 11 is 6.02. The number of aromatic nitrogens is 1. The van der Waals surface area contributed by atoms with Gasteiger partial charge in [0.2, 0.25) is 5.88 Å². The van der Waals surface area contributed by atoms with E-state index in [-0.39, 0.29) is 11.4 Å². The van der Waals surface area contributed by atoms with Crippen LogP contribution in [-0.2, 0) is 0 Å². The summed E-state index contributed by atoms with van der Waals surface area (Å²) in [4.78, 5) is 18.1. The molecular weight excluding hydrogens is 436 g/mol. The molecule has 0 amide bonds. The molecule has 5 nitrogen and oxygen atoms in total. The fourth-order valence-electron chi connectivity index (χ4n) is 3.93. The highest BCUT2D eigenvalue weighted by Crippen LogP contribution is 2.30. The number of aliphatic imine (C=N–C) groups is 1. The second kappa shape index (κ2) is 8.45. The molecule has 6 heteroatoms. The maximum Gasteiger partial charge on any atom is 0.265 e. The number of rotatable bonds is 4. The highest BCUT2D eigenvalue weighted by molar-refractivity contribution is 6.30. The molecule has 5 aromatic rings. The van der Waals surface area contributed by atoms with Crippen molar-refractivity contribution in [2.45, 2.75) is 0 Å². The maximum absolute atomic E-state index is 13.4. The third-order valence-electron chi connectivity index (χ3n) is 5.59. The van der Waals surface area contributed by atoms with E-state index in [1.807, 2.05) is 42.5 Å². The molecular formula is C27H19ClN2O3. The van der Waals surface area contributed by atoms with E-state index in [2.05, 4.69) is 4.99 Å². The summed E-state index contributed by atoms with van der Waals surface area (Å²) in [5.74, 6) is 0.342. The number of fused-ring (bicyclic) bond motifs is 2. The SMILES string of the molecule is COc1ccc2c(C=Nc3cccc4ccccc34)c(O)n(-c3ccc(Cl)cc3)c(=O)c2c1. The van der Waals surface area contributed by atoms with Crippen LogP contribution in [-0.4, -0.2) is 23.0 Å². The first-order valence-electron chi connectivity index (χ1n) is 10.3. The number of nitrogens with zero attached hydrogens (tertiary/aromatic N) is 2. The van der Waals surface area contributed by atoms with E-state index in [1.165, 1.54) is 4.57 Å². The van der Waals surface area contributed by atoms with E-state index in [0.29, 0.717) is 32.8 Å². The molecule has 0 atom stereocenters. The minimum atomic E-state index is -0.369. The zero-order valence-corrected chi connectivity index (χ0v) is 18.5. The molecule has 0 aliphatic carbocycles. The van der Waals surface area contributed by atoms with Crippen LogP contribution >= 0.6 is 11.6 Å². The highest BCUT2D eigenvalue weighted by atomic mass is 35.5. The van der Waals surface area contributed by atoms with Crippen molar-refractivity contribution in [1.82, 2.24) is 4.57 Å². The fraction of sp³-hybridized carbons (Fsp3) is 0.0370. The molecule has 0 unspecified atom stereocenters. The van der Waals surface area contributed by atoms with Crippen LogP contribution < -0.4 is 10.3 Å². The normalized spacial score (nSPS) is 11.5. The first kappa shape index (κ1) is 20.8. The van der Waals surface area contributed by atoms with Gasteiger partial charge in [-0.25, -0.2) is 4.57 Å². The predicted octanol–water partition coefficient (Wildman–Crippen LogP) is 6.26. The monoisotopic (exact) mass is 454 g/mol. The Bertz CT molecular complexity index is 1580. The maximum atomic E-state index is 13.4. The number of ether oxygens (including phenoxy) is 1. The summed E-state index contributed by atoms with van der Waals surface area (Å²) in [6, 6.07) is 25.7. The van der Waals surface area contributed by atoms with E-state index in [1.54, 1.807) is 55.8 Å². The van der Waals surface area contributed by atoms with Crippen molar-refractivity contribution in [2.24, 2.45) is 4.99 Å². The molecule has 1 aromatic heterocycles. The van der Waals surface area contributed by atoms with Crippen LogP contribution in [0.25, 0.3) is 27.2 Å². The number of methoxy groups -OCH3 is 1. The smallest absolute Gasteiger partial charge is 0.265 e. The lowest BCUT2D eigenvalue weighted by Crippen LogP contribution is -2.20. The lowest BCUT2D eigenvalue weighted by Gasteiger charge is -2.14. The van der Waals surface area contributed by atoms with Gasteiger partial charge in [-0.3, -0.25) is 9.79 Å². The molecule has 0 fully saturated rings. The molecule has 1 heterocycles. The molecule has 162 valence electrons. The molecule has 5 rings (SSSR count). The van der Waals surface area contributed by atoms with Gasteiger partial charge in [-0.2, -0.15) is 0 Å². The van der Waals surface area contributed by atoms with E-state index in [0.717, 1.165) is 16.5 Å². The first-order chi connectivity index (χ1) is 16.1. The lowest BCUT2D eigenvalue weighted by atomic mass is 10.1. The zero-order valence-electron chi connectivity index (χ0n) is 17.7. The quantitative estimate of drug-likeness (QED) is 0.326. The van der Waals surface area contributed by atoms with Crippen molar-refractivity contribution < 1.29 is 9.84 Å². The van der Waals surface area contributed by atoms with Gasteiger partial charge in [0.15, 0.2) is 0 Å². The number of hydrogen-bond acceptors (Lipinski definition) is 4. The summed E-state index contributed by atoms with van der Waals surface area (Å²) in [6.07, 6.45) is 1.60. The van der Waals surface area contributed by atoms with Gasteiger partial charge in [0, 0.05) is 22.0 Å². The molecule has 0 radical (unpaired) electrons. The van der Waals surface area contributed by atoms with Crippen molar-refractivity contribution in [1.29, 1.82) is 0 Å². The van der Waals surface area contributed by atoms with E-state index in [9.17, 15) is 9.90 Å². The Morgan fingerprint density at radius 3 is 2.45 bits per heavy atom. The van der Waals surface area contributed by atoms with Gasteiger partial charge in [0.25, 0.3) is 5.56 Å². The van der Waals surface area contributed by atoms with Gasteiger partial charge in [-0.15, -0.1) is 0 Å². The van der Waals surface area contributed by atoms with Gasteiger partial charge < -0.3 is 9.84 Å². The lowest BCUT2D eigenvalue weighted by molar-refractivity contribution is 0.415. The fourth-order valence-corrected chi connectivity index (χ4v) is 4.06. The number of hydrogen-bond donors (Lipinski definition) is 1. The third kappa shape index (κ3) is 3.73. The molecule has 0 aliphatic rings. The topological polar surface area (TPSA) is 63.8 Å².